The highest BCUT2D eigenvalue weighted by molar-refractivity contribution is 7.86. The Kier molecular flexibility index (Phi) is 8.84. The minimum atomic E-state index is -5.11. The zero-order valence-corrected chi connectivity index (χ0v) is 24.8. The summed E-state index contributed by atoms with van der Waals surface area (Å²) in [7, 11) is -10.2. The summed E-state index contributed by atoms with van der Waals surface area (Å²) in [5.74, 6) is -3.65. The molecule has 0 aliphatic carbocycles. The van der Waals surface area contributed by atoms with Crippen LogP contribution in [-0.2, 0) is 20.2 Å². The lowest BCUT2D eigenvalue weighted by Gasteiger charge is -2.17. The first kappa shape index (κ1) is 33.1. The largest absolute Gasteiger partial charge is 0.366 e. The number of carbonyl (C=O) groups is 4. The minimum Gasteiger partial charge on any atom is -0.366 e. The lowest BCUT2D eigenvalue weighted by Crippen LogP contribution is -2.19. The third kappa shape index (κ3) is 6.94. The van der Waals surface area contributed by atoms with Crippen molar-refractivity contribution < 1.29 is 45.1 Å². The van der Waals surface area contributed by atoms with Gasteiger partial charge in [0.1, 0.15) is 9.79 Å². The summed E-state index contributed by atoms with van der Waals surface area (Å²) in [5, 5.41) is 5.39. The van der Waals surface area contributed by atoms with Gasteiger partial charge in [-0.15, -0.1) is 0 Å². The Balaban J connectivity index is 1.87. The molecule has 4 aromatic carbocycles. The number of benzene rings is 4. The zero-order chi connectivity index (χ0) is 34.1. The van der Waals surface area contributed by atoms with E-state index in [2.05, 4.69) is 10.6 Å². The fraction of sp³-hybridized carbons (Fsp3) is 0. The van der Waals surface area contributed by atoms with Crippen LogP contribution in [0.4, 0.5) is 22.7 Å². The molecule has 0 radical (unpaired) electrons. The van der Waals surface area contributed by atoms with Gasteiger partial charge in [0.2, 0.25) is 5.91 Å². The monoisotopic (exact) mass is 668 g/mol. The second kappa shape index (κ2) is 12.3. The van der Waals surface area contributed by atoms with Crippen LogP contribution in [0.5, 0.6) is 0 Å². The molecule has 16 nitrogen and oxygen atoms in total. The van der Waals surface area contributed by atoms with E-state index in [-0.39, 0.29) is 56.1 Å². The molecule has 4 amide bonds. The lowest BCUT2D eigenvalue weighted by molar-refractivity contribution is 0.0989. The number of hydrogen-bond acceptors (Lipinski definition) is 10. The minimum absolute atomic E-state index is 0.0213. The lowest BCUT2D eigenvalue weighted by atomic mass is 10.0. The highest BCUT2D eigenvalue weighted by Crippen LogP contribution is 2.37. The Hall–Kier alpha value is -5.82. The second-order valence-electron chi connectivity index (χ2n) is 9.57. The van der Waals surface area contributed by atoms with E-state index in [1.54, 1.807) is 0 Å². The molecule has 0 atom stereocenters. The highest BCUT2D eigenvalue weighted by Gasteiger charge is 2.25. The van der Waals surface area contributed by atoms with E-state index in [0.29, 0.717) is 0 Å². The molecule has 0 heterocycles. The van der Waals surface area contributed by atoms with Gasteiger partial charge in [0.15, 0.2) is 0 Å². The Labute approximate surface area is 260 Å². The van der Waals surface area contributed by atoms with Crippen molar-refractivity contribution in [2.45, 2.75) is 9.79 Å². The Morgan fingerprint density at radius 1 is 0.543 bits per heavy atom. The Bertz CT molecular complexity index is 2150. The first-order chi connectivity index (χ1) is 21.4. The third-order valence-corrected chi connectivity index (χ3v) is 8.31. The predicted molar refractivity (Wildman–Crippen MR) is 165 cm³/mol. The first-order valence-electron chi connectivity index (χ1n) is 12.6. The van der Waals surface area contributed by atoms with Gasteiger partial charge in [0, 0.05) is 28.1 Å². The molecule has 0 aliphatic rings. The van der Waals surface area contributed by atoms with Crippen molar-refractivity contribution in [1.82, 2.24) is 0 Å². The first-order valence-corrected chi connectivity index (χ1v) is 15.5. The maximum absolute atomic E-state index is 12.5. The number of anilines is 4. The van der Waals surface area contributed by atoms with Crippen molar-refractivity contribution in [1.29, 1.82) is 0 Å². The second-order valence-corrected chi connectivity index (χ2v) is 12.3. The average molecular weight is 669 g/mol. The van der Waals surface area contributed by atoms with E-state index in [0.717, 1.165) is 24.3 Å². The molecule has 46 heavy (non-hydrogen) atoms. The summed E-state index contributed by atoms with van der Waals surface area (Å²) >= 11 is 0. The molecule has 0 aromatic heterocycles. The van der Waals surface area contributed by atoms with E-state index >= 15 is 0 Å². The van der Waals surface area contributed by atoms with Crippen molar-refractivity contribution in [3.8, 4) is 11.1 Å². The van der Waals surface area contributed by atoms with E-state index in [1.807, 2.05) is 0 Å². The summed E-state index contributed by atoms with van der Waals surface area (Å²) in [6.07, 6.45) is 0. The molecule has 238 valence electrons. The molecular formula is C28H24N6O10S2. The number of nitrogens with two attached hydrogens (primary N) is 4. The van der Waals surface area contributed by atoms with Crippen molar-refractivity contribution in [2.75, 3.05) is 10.6 Å². The standard InChI is InChI=1S/C28H24N6O10S2/c29-25(35)13-4-7-18(26(30)36)21(10-13)33-14-5-8-16(22(11-14)45(39,40)41)17-9-6-15(12-23(17)46(42,43)44)34-24-19(27(31)37)2-1-3-20(24)28(32)38/h1-12,33-34H,(H2,29,35)(H2,30,36)(H2,31,37)(H2,32,38)(H,39,40,41)(H,42,43,44). The fourth-order valence-corrected chi connectivity index (χ4v) is 5.95. The van der Waals surface area contributed by atoms with Gasteiger partial charge >= 0.3 is 0 Å². The van der Waals surface area contributed by atoms with E-state index in [1.165, 1.54) is 48.5 Å². The summed E-state index contributed by atoms with van der Waals surface area (Å²) in [5.41, 5.74) is 19.9. The molecule has 0 bridgehead atoms. The fourth-order valence-electron chi connectivity index (χ4n) is 4.49. The molecule has 0 spiro atoms. The molecule has 12 N–H and O–H groups in total. The van der Waals surface area contributed by atoms with Crippen molar-refractivity contribution in [3.05, 3.63) is 95.1 Å². The Morgan fingerprint density at radius 2 is 1.00 bits per heavy atom. The van der Waals surface area contributed by atoms with Gasteiger partial charge in [0.05, 0.1) is 28.1 Å². The SMILES string of the molecule is NC(=O)c1ccc(C(N)=O)c(Nc2ccc(-c3ccc(Nc4c(C(N)=O)cccc4C(N)=O)cc3S(=O)(=O)O)c(S(=O)(=O)O)c2)c1. The molecule has 4 rings (SSSR count). The molecule has 0 saturated carbocycles. The highest BCUT2D eigenvalue weighted by atomic mass is 32.2. The van der Waals surface area contributed by atoms with Gasteiger partial charge in [-0.2, -0.15) is 16.8 Å². The molecule has 0 unspecified atom stereocenters. The number of primary amides is 4. The van der Waals surface area contributed by atoms with Crippen LogP contribution in [0.25, 0.3) is 11.1 Å². The molecule has 4 aromatic rings. The van der Waals surface area contributed by atoms with Crippen LogP contribution in [0.1, 0.15) is 41.4 Å². The smallest absolute Gasteiger partial charge is 0.295 e. The summed E-state index contributed by atoms with van der Waals surface area (Å²) in [6, 6.07) is 14.0. The maximum Gasteiger partial charge on any atom is 0.295 e. The van der Waals surface area contributed by atoms with Crippen LogP contribution >= 0.6 is 0 Å². The van der Waals surface area contributed by atoms with Crippen LogP contribution in [0.15, 0.2) is 82.6 Å². The summed E-state index contributed by atoms with van der Waals surface area (Å²) in [4.78, 5) is 45.9. The van der Waals surface area contributed by atoms with Crippen LogP contribution in [0, 0.1) is 0 Å². The van der Waals surface area contributed by atoms with Gasteiger partial charge in [-0.05, 0) is 54.6 Å². The summed E-state index contributed by atoms with van der Waals surface area (Å²) < 4.78 is 70.2. The van der Waals surface area contributed by atoms with Crippen LogP contribution < -0.4 is 33.6 Å². The predicted octanol–water partition coefficient (Wildman–Crippen LogP) is 1.73. The van der Waals surface area contributed by atoms with Crippen LogP contribution in [0.2, 0.25) is 0 Å². The molecule has 18 heteroatoms. The number of carbonyl (C=O) groups excluding carboxylic acids is 4. The van der Waals surface area contributed by atoms with Crippen molar-refractivity contribution in [3.63, 3.8) is 0 Å². The van der Waals surface area contributed by atoms with Gasteiger partial charge in [0.25, 0.3) is 38.0 Å². The maximum atomic E-state index is 12.5. The number of amides is 4. The van der Waals surface area contributed by atoms with E-state index in [9.17, 15) is 45.1 Å². The average Bonchev–Trinajstić information content (AvgIpc) is 2.96. The van der Waals surface area contributed by atoms with Crippen LogP contribution in [-0.4, -0.2) is 49.6 Å². The molecule has 0 fully saturated rings. The van der Waals surface area contributed by atoms with Crippen LogP contribution in [0.3, 0.4) is 0 Å². The van der Waals surface area contributed by atoms with E-state index < -0.39 is 53.7 Å². The van der Waals surface area contributed by atoms with Gasteiger partial charge in [-0.3, -0.25) is 28.3 Å². The Morgan fingerprint density at radius 3 is 1.41 bits per heavy atom. The zero-order valence-electron chi connectivity index (χ0n) is 23.2. The molecule has 0 saturated heterocycles. The number of hydrogen-bond donors (Lipinski definition) is 8. The van der Waals surface area contributed by atoms with Gasteiger partial charge < -0.3 is 33.6 Å². The number of rotatable bonds is 11. The summed E-state index contributed by atoms with van der Waals surface area (Å²) in [6.45, 7) is 0. The van der Waals surface area contributed by atoms with E-state index in [4.69, 9.17) is 22.9 Å². The van der Waals surface area contributed by atoms with Gasteiger partial charge in [-0.25, -0.2) is 0 Å². The number of nitrogens with one attached hydrogen (secondary N) is 2. The third-order valence-electron chi connectivity index (χ3n) is 6.52. The topological polar surface area (TPSA) is 305 Å². The number of para-hydroxylation sites is 1. The quantitative estimate of drug-likeness (QED) is 0.106. The normalized spacial score (nSPS) is 11.4. The molecular weight excluding hydrogens is 644 g/mol. The van der Waals surface area contributed by atoms with Crippen molar-refractivity contribution in [2.24, 2.45) is 22.9 Å². The van der Waals surface area contributed by atoms with Crippen molar-refractivity contribution >= 4 is 66.6 Å². The van der Waals surface area contributed by atoms with Gasteiger partial charge in [-0.1, -0.05) is 18.2 Å². The molecule has 0 aliphatic heterocycles.